The number of nitrogens with one attached hydrogen (secondary N) is 1. The Balaban J connectivity index is 1.58. The van der Waals surface area contributed by atoms with Crippen molar-refractivity contribution in [2.45, 2.75) is 25.1 Å². The number of piperidine rings is 1. The molecule has 0 saturated carbocycles. The number of halogens is 3. The zero-order chi connectivity index (χ0) is 18.3. The predicted octanol–water partition coefficient (Wildman–Crippen LogP) is 3.04. The van der Waals surface area contributed by atoms with E-state index >= 15 is 0 Å². The highest BCUT2D eigenvalue weighted by Gasteiger charge is 2.76. The van der Waals surface area contributed by atoms with E-state index in [0.717, 1.165) is 27.2 Å². The Morgan fingerprint density at radius 3 is 3.04 bits per heavy atom. The minimum atomic E-state index is -4.82. The van der Waals surface area contributed by atoms with Crippen LogP contribution in [0.15, 0.2) is 24.7 Å². The van der Waals surface area contributed by atoms with Crippen LogP contribution in [0.25, 0.3) is 17.1 Å². The average Bonchev–Trinajstić information content (AvgIpc) is 2.89. The normalized spacial score (nSPS) is 32.6. The number of nitrogens with zero attached hydrogens (tertiary/aromatic N) is 3. The summed E-state index contributed by atoms with van der Waals surface area (Å²) in [6, 6.07) is 1.96. The van der Waals surface area contributed by atoms with Crippen LogP contribution in [0.1, 0.15) is 18.9 Å². The predicted molar refractivity (Wildman–Crippen MR) is 90.9 cm³/mol. The molecule has 3 atom stereocenters. The van der Waals surface area contributed by atoms with E-state index in [2.05, 4.69) is 23.1 Å². The topological polar surface area (TPSA) is 49.0 Å². The molecule has 136 valence electrons. The number of aromatic amines is 1. The van der Waals surface area contributed by atoms with Gasteiger partial charge in [-0.15, -0.1) is 0 Å². The molecule has 1 amide bonds. The number of hydrogen-bond donors (Lipinski definition) is 1. The summed E-state index contributed by atoms with van der Waals surface area (Å²) in [5.74, 6) is -1.50. The fraction of sp³-hybridized carbons (Fsp3) is 0.444. The fourth-order valence-corrected chi connectivity index (χ4v) is 5.02. The first-order chi connectivity index (χ1) is 12.3. The van der Waals surface area contributed by atoms with Crippen molar-refractivity contribution in [3.63, 3.8) is 0 Å². The maximum Gasteiger partial charge on any atom is 0.471 e. The molecule has 1 unspecified atom stereocenters. The van der Waals surface area contributed by atoms with Gasteiger partial charge in [0, 0.05) is 30.9 Å². The molecule has 0 bridgehead atoms. The molecule has 0 aliphatic carbocycles. The first-order valence-corrected chi connectivity index (χ1v) is 8.68. The number of carbonyl (C=O) groups excluding carboxylic acids is 1. The molecule has 2 spiro atoms. The van der Waals surface area contributed by atoms with Gasteiger partial charge in [-0.25, -0.2) is 9.47 Å². The number of quaternary nitrogens is 1. The molecular weight excluding hydrogens is 345 g/mol. The molecule has 5 nitrogen and oxygen atoms in total. The van der Waals surface area contributed by atoms with Crippen molar-refractivity contribution in [2.75, 3.05) is 19.6 Å². The van der Waals surface area contributed by atoms with Crippen LogP contribution in [0.4, 0.5) is 18.9 Å². The number of alkyl halides is 3. The molecular formula is C18H18F3N4O+. The summed E-state index contributed by atoms with van der Waals surface area (Å²) in [5.41, 5.74) is 2.47. The van der Waals surface area contributed by atoms with E-state index in [0.29, 0.717) is 17.4 Å². The van der Waals surface area contributed by atoms with E-state index in [1.54, 1.807) is 6.20 Å². The van der Waals surface area contributed by atoms with Crippen LogP contribution >= 0.6 is 0 Å². The van der Waals surface area contributed by atoms with Crippen molar-refractivity contribution < 1.29 is 18.0 Å². The van der Waals surface area contributed by atoms with Crippen LogP contribution < -0.4 is 4.48 Å². The lowest BCUT2D eigenvalue weighted by atomic mass is 9.85. The Morgan fingerprint density at radius 1 is 1.46 bits per heavy atom. The second kappa shape index (κ2) is 4.68. The monoisotopic (exact) mass is 363 g/mol. The van der Waals surface area contributed by atoms with E-state index in [4.69, 9.17) is 0 Å². The molecule has 0 radical (unpaired) electrons. The first-order valence-electron chi connectivity index (χ1n) is 8.68. The van der Waals surface area contributed by atoms with Gasteiger partial charge in [0.15, 0.2) is 11.2 Å². The zero-order valence-electron chi connectivity index (χ0n) is 14.2. The van der Waals surface area contributed by atoms with E-state index in [1.165, 1.54) is 0 Å². The van der Waals surface area contributed by atoms with Crippen LogP contribution in [0.2, 0.25) is 0 Å². The fourth-order valence-electron chi connectivity index (χ4n) is 5.02. The SMILES string of the molecule is C[C@@H]1CCN(C(=O)C(F)(F)F)C[C@]12C[N+]21C=Cc2cnc3[nH]ccc3c21. The minimum Gasteiger partial charge on any atom is -0.346 e. The maximum absolute atomic E-state index is 13.0. The summed E-state index contributed by atoms with van der Waals surface area (Å²) in [6.45, 7) is 3.09. The average molecular weight is 363 g/mol. The highest BCUT2D eigenvalue weighted by Crippen LogP contribution is 2.60. The Hall–Kier alpha value is -2.35. The molecule has 3 aliphatic heterocycles. The van der Waals surface area contributed by atoms with Crippen molar-refractivity contribution in [3.8, 4) is 0 Å². The van der Waals surface area contributed by atoms with Crippen LogP contribution in [0, 0.1) is 5.92 Å². The second-order valence-corrected chi connectivity index (χ2v) is 7.66. The second-order valence-electron chi connectivity index (χ2n) is 7.66. The Labute approximate surface area is 147 Å². The van der Waals surface area contributed by atoms with E-state index < -0.39 is 17.6 Å². The number of hydrogen-bond acceptors (Lipinski definition) is 2. The number of pyridine rings is 1. The minimum absolute atomic E-state index is 0.129. The van der Waals surface area contributed by atoms with Crippen molar-refractivity contribution in [1.82, 2.24) is 19.4 Å². The molecule has 5 rings (SSSR count). The number of carbonyl (C=O) groups is 1. The smallest absolute Gasteiger partial charge is 0.346 e. The highest BCUT2D eigenvalue weighted by molar-refractivity contribution is 5.98. The van der Waals surface area contributed by atoms with Gasteiger partial charge in [-0.3, -0.25) is 4.79 Å². The lowest BCUT2D eigenvalue weighted by Gasteiger charge is -2.37. The van der Waals surface area contributed by atoms with Gasteiger partial charge >= 0.3 is 12.1 Å². The zero-order valence-corrected chi connectivity index (χ0v) is 14.2. The lowest BCUT2D eigenvalue weighted by molar-refractivity contribution is -0.187. The number of likely N-dealkylation sites (tertiary alicyclic amines) is 1. The molecule has 5 heterocycles. The number of aromatic nitrogens is 2. The van der Waals surface area contributed by atoms with Crippen molar-refractivity contribution in [2.24, 2.45) is 5.92 Å². The van der Waals surface area contributed by atoms with E-state index in [1.807, 2.05) is 18.3 Å². The number of rotatable bonds is 0. The molecule has 2 aromatic rings. The van der Waals surface area contributed by atoms with Crippen molar-refractivity contribution in [3.05, 3.63) is 30.2 Å². The van der Waals surface area contributed by atoms with Gasteiger partial charge in [-0.05, 0) is 12.5 Å². The van der Waals surface area contributed by atoms with Gasteiger partial charge in [-0.1, -0.05) is 6.92 Å². The van der Waals surface area contributed by atoms with Gasteiger partial charge in [0.05, 0.1) is 17.5 Å². The summed E-state index contributed by atoms with van der Waals surface area (Å²) in [6.07, 6.45) is 3.45. The molecule has 0 aromatic carbocycles. The highest BCUT2D eigenvalue weighted by atomic mass is 19.4. The Bertz CT molecular complexity index is 965. The molecule has 2 saturated heterocycles. The Kier molecular flexibility index (Phi) is 2.85. The van der Waals surface area contributed by atoms with Crippen LogP contribution in [0.5, 0.6) is 0 Å². The number of fused-ring (bicyclic) bond motifs is 5. The third kappa shape index (κ3) is 1.80. The third-order valence-electron chi connectivity index (χ3n) is 6.45. The van der Waals surface area contributed by atoms with Gasteiger partial charge in [0.2, 0.25) is 0 Å². The molecule has 2 aromatic heterocycles. The molecule has 3 aliphatic rings. The van der Waals surface area contributed by atoms with Gasteiger partial charge in [0.1, 0.15) is 18.4 Å². The molecule has 2 fully saturated rings. The first kappa shape index (κ1) is 15.9. The number of amides is 1. The molecule has 26 heavy (non-hydrogen) atoms. The summed E-state index contributed by atoms with van der Waals surface area (Å²) < 4.78 is 39.4. The van der Waals surface area contributed by atoms with Gasteiger partial charge < -0.3 is 9.88 Å². The van der Waals surface area contributed by atoms with Gasteiger partial charge in [-0.2, -0.15) is 13.2 Å². The molecule has 1 N–H and O–H groups in total. The van der Waals surface area contributed by atoms with Crippen molar-refractivity contribution in [1.29, 1.82) is 0 Å². The third-order valence-corrected chi connectivity index (χ3v) is 6.45. The summed E-state index contributed by atoms with van der Waals surface area (Å²) in [7, 11) is 0. The summed E-state index contributed by atoms with van der Waals surface area (Å²) >= 11 is 0. The maximum atomic E-state index is 13.0. The van der Waals surface area contributed by atoms with E-state index in [9.17, 15) is 18.0 Å². The van der Waals surface area contributed by atoms with E-state index in [-0.39, 0.29) is 19.0 Å². The van der Waals surface area contributed by atoms with Crippen LogP contribution in [-0.4, -0.2) is 52.1 Å². The lowest BCUT2D eigenvalue weighted by Crippen LogP contribution is -2.55. The van der Waals surface area contributed by atoms with Crippen LogP contribution in [0.3, 0.4) is 0 Å². The molecule has 8 heteroatoms. The Morgan fingerprint density at radius 2 is 2.27 bits per heavy atom. The summed E-state index contributed by atoms with van der Waals surface area (Å²) in [5, 5.41) is 0.996. The summed E-state index contributed by atoms with van der Waals surface area (Å²) in [4.78, 5) is 20.3. The standard InChI is InChI=1S/C18H18F3N4O/c1-11-3-6-24(16(26)18(19,20)21)9-17(11)10-25(17)7-4-12-8-23-15-13(14(12)25)2-5-22-15/h2,4-5,7-8,11H,3,6,9-10H2,1H3,(H,22,23)/q+1/t11-,17+,25?/m1/s1. The largest absolute Gasteiger partial charge is 0.471 e. The quantitative estimate of drug-likeness (QED) is 0.578. The van der Waals surface area contributed by atoms with Crippen LogP contribution in [-0.2, 0) is 4.79 Å². The van der Waals surface area contributed by atoms with Gasteiger partial charge in [0.25, 0.3) is 0 Å². The van der Waals surface area contributed by atoms with Crippen molar-refractivity contribution >= 4 is 28.7 Å². The number of H-pyrrole nitrogens is 1.